The zero-order valence-electron chi connectivity index (χ0n) is 30.1. The number of nitrogens with one attached hydrogen (secondary N) is 1. The van der Waals surface area contributed by atoms with E-state index in [-0.39, 0.29) is 32.2 Å². The van der Waals surface area contributed by atoms with Crippen LogP contribution in [-0.4, -0.2) is 91.3 Å². The van der Waals surface area contributed by atoms with Crippen LogP contribution in [0.2, 0.25) is 0 Å². The molecule has 2 aromatic rings. The molecule has 4 N–H and O–H groups in total. The highest BCUT2D eigenvalue weighted by atomic mass is 16.5. The number of unbranched alkanes of at least 4 members (excludes halogenated alkanes) is 8. The van der Waals surface area contributed by atoms with Crippen molar-refractivity contribution in [2.75, 3.05) is 41.0 Å². The number of rotatable bonds is 21. The van der Waals surface area contributed by atoms with Crippen molar-refractivity contribution in [2.45, 2.75) is 108 Å². The molecule has 0 saturated carbocycles. The maximum atomic E-state index is 14.1. The summed E-state index contributed by atoms with van der Waals surface area (Å²) in [6.07, 6.45) is 10.4. The summed E-state index contributed by atoms with van der Waals surface area (Å²) in [5.41, 5.74) is 2.33. The molecule has 50 heavy (non-hydrogen) atoms. The Labute approximate surface area is 296 Å². The van der Waals surface area contributed by atoms with E-state index < -0.39 is 30.1 Å². The largest absolute Gasteiger partial charge is 0.497 e. The number of aliphatic hydroxyl groups excluding tert-OH is 3. The number of nitrogens with zero attached hydrogens (tertiary/aromatic N) is 1. The molecule has 0 radical (unpaired) electrons. The van der Waals surface area contributed by atoms with Gasteiger partial charge in [-0.1, -0.05) is 58.3 Å². The predicted molar refractivity (Wildman–Crippen MR) is 191 cm³/mol. The molecule has 2 aliphatic rings. The first-order valence-electron chi connectivity index (χ1n) is 18.1. The molecule has 0 aromatic heterocycles. The van der Waals surface area contributed by atoms with E-state index in [0.717, 1.165) is 31.2 Å². The minimum atomic E-state index is -1.19. The average molecular weight is 697 g/mol. The molecule has 0 saturated heterocycles. The van der Waals surface area contributed by atoms with Crippen molar-refractivity contribution in [2.24, 2.45) is 0 Å². The molecule has 276 valence electrons. The molecule has 2 amide bonds. The smallest absolute Gasteiger partial charge is 0.247 e. The third-order valence-corrected chi connectivity index (χ3v) is 9.78. The Hall–Kier alpha value is -3.80. The van der Waals surface area contributed by atoms with Crippen molar-refractivity contribution in [3.8, 4) is 23.0 Å². The maximum Gasteiger partial charge on any atom is 0.247 e. The predicted octanol–water partition coefficient (Wildman–Crippen LogP) is 4.82. The van der Waals surface area contributed by atoms with E-state index in [9.17, 15) is 24.9 Å². The maximum absolute atomic E-state index is 14.1. The lowest BCUT2D eigenvalue weighted by molar-refractivity contribution is -0.137. The normalized spacial score (nSPS) is 19.1. The van der Waals surface area contributed by atoms with E-state index in [4.69, 9.17) is 18.9 Å². The van der Waals surface area contributed by atoms with Gasteiger partial charge < -0.3 is 44.5 Å². The molecule has 0 bridgehead atoms. The van der Waals surface area contributed by atoms with Crippen molar-refractivity contribution in [1.29, 1.82) is 0 Å². The summed E-state index contributed by atoms with van der Waals surface area (Å²) >= 11 is 0. The number of carbonyl (C=O) groups is 2. The van der Waals surface area contributed by atoms with Crippen LogP contribution in [0, 0.1) is 0 Å². The molecule has 4 rings (SSSR count). The number of amides is 2. The van der Waals surface area contributed by atoms with Crippen molar-refractivity contribution in [1.82, 2.24) is 10.2 Å². The van der Waals surface area contributed by atoms with Crippen LogP contribution < -0.4 is 24.3 Å². The van der Waals surface area contributed by atoms with E-state index in [2.05, 4.69) is 12.2 Å². The summed E-state index contributed by atoms with van der Waals surface area (Å²) in [6, 6.07) is 8.05. The molecule has 2 aromatic carbocycles. The Kier molecular flexibility index (Phi) is 15.2. The highest BCUT2D eigenvalue weighted by molar-refractivity contribution is 5.96. The van der Waals surface area contributed by atoms with Gasteiger partial charge in [-0.05, 0) is 60.4 Å². The number of aliphatic hydroxyl groups is 3. The number of hydrogen-bond donors (Lipinski definition) is 4. The van der Waals surface area contributed by atoms with E-state index in [1.165, 1.54) is 39.2 Å². The molecule has 0 unspecified atom stereocenters. The van der Waals surface area contributed by atoms with Crippen LogP contribution in [0.4, 0.5) is 0 Å². The fraction of sp³-hybridized carbons (Fsp3) is 0.590. The summed E-state index contributed by atoms with van der Waals surface area (Å²) in [6.45, 7) is 1.99. The second-order valence-corrected chi connectivity index (χ2v) is 13.1. The van der Waals surface area contributed by atoms with Crippen LogP contribution in [0.5, 0.6) is 23.0 Å². The standard InChI is InChI=1S/C39H56N2O9/c1-5-6-7-8-9-10-11-12-13-14-34(44)41(19-17-27-23-28(47-2)15-16-32(27)48-3)31-24-30(39(46)40-18-20-42)35-29-21-26(25-43)22-33(49-4)37(29)50-38(35)36(31)45/h15-16,21-24,31,35-36,38,42-43,45H,5-14,17-20,25H2,1-4H3,(H,40,46)/t31-,35+,36+,38+/m1/s1. The van der Waals surface area contributed by atoms with Gasteiger partial charge in [0.25, 0.3) is 0 Å². The van der Waals surface area contributed by atoms with Gasteiger partial charge in [0.05, 0.1) is 46.5 Å². The Morgan fingerprint density at radius 1 is 0.900 bits per heavy atom. The van der Waals surface area contributed by atoms with E-state index in [0.29, 0.717) is 52.5 Å². The highest BCUT2D eigenvalue weighted by Gasteiger charge is 2.51. The molecule has 11 nitrogen and oxygen atoms in total. The summed E-state index contributed by atoms with van der Waals surface area (Å²) in [5.74, 6) is 0.823. The summed E-state index contributed by atoms with van der Waals surface area (Å²) in [4.78, 5) is 29.5. The van der Waals surface area contributed by atoms with Crippen LogP contribution >= 0.6 is 0 Å². The first kappa shape index (κ1) is 39.0. The fourth-order valence-corrected chi connectivity index (χ4v) is 7.11. The van der Waals surface area contributed by atoms with E-state index in [1.807, 2.05) is 18.2 Å². The highest BCUT2D eigenvalue weighted by Crippen LogP contribution is 2.51. The van der Waals surface area contributed by atoms with Crippen LogP contribution in [-0.2, 0) is 22.6 Å². The lowest BCUT2D eigenvalue weighted by Crippen LogP contribution is -2.56. The van der Waals surface area contributed by atoms with Gasteiger partial charge in [-0.15, -0.1) is 0 Å². The second kappa shape index (κ2) is 19.6. The van der Waals surface area contributed by atoms with Gasteiger partial charge >= 0.3 is 0 Å². The van der Waals surface area contributed by atoms with E-state index >= 15 is 0 Å². The van der Waals surface area contributed by atoms with Crippen LogP contribution in [0.15, 0.2) is 42.0 Å². The minimum Gasteiger partial charge on any atom is -0.497 e. The second-order valence-electron chi connectivity index (χ2n) is 13.1. The average Bonchev–Trinajstić information content (AvgIpc) is 3.53. The first-order chi connectivity index (χ1) is 24.3. The number of benzene rings is 2. The van der Waals surface area contributed by atoms with Crippen LogP contribution in [0.25, 0.3) is 0 Å². The number of methoxy groups -OCH3 is 3. The first-order valence-corrected chi connectivity index (χ1v) is 18.1. The van der Waals surface area contributed by atoms with E-state index in [1.54, 1.807) is 37.3 Å². The minimum absolute atomic E-state index is 0.0331. The molecule has 0 fully saturated rings. The molecule has 4 atom stereocenters. The van der Waals surface area contributed by atoms with Crippen molar-refractivity contribution in [3.63, 3.8) is 0 Å². The van der Waals surface area contributed by atoms with Crippen LogP contribution in [0.3, 0.4) is 0 Å². The topological polar surface area (TPSA) is 147 Å². The van der Waals surface area contributed by atoms with Gasteiger partial charge in [-0.25, -0.2) is 0 Å². The van der Waals surface area contributed by atoms with Gasteiger partial charge in [0.1, 0.15) is 23.7 Å². The molecular weight excluding hydrogens is 640 g/mol. The van der Waals surface area contributed by atoms with Crippen molar-refractivity contribution < 1.29 is 43.9 Å². The third-order valence-electron chi connectivity index (χ3n) is 9.78. The summed E-state index contributed by atoms with van der Waals surface area (Å²) in [5, 5.41) is 34.2. The van der Waals surface area contributed by atoms with Gasteiger partial charge in [0, 0.05) is 30.6 Å². The SMILES string of the molecule is CCCCCCCCCCCC(=O)N(CCc1cc(OC)ccc1OC)[C@@H]1C=C(C(=O)NCCO)[C@@H]2c3cc(CO)cc(OC)c3O[C@@H]2[C@H]1O. The lowest BCUT2D eigenvalue weighted by Gasteiger charge is -2.41. The zero-order valence-corrected chi connectivity index (χ0v) is 30.1. The van der Waals surface area contributed by atoms with Gasteiger partial charge in [-0.3, -0.25) is 9.59 Å². The fourth-order valence-electron chi connectivity index (χ4n) is 7.11. The number of hydrogen-bond acceptors (Lipinski definition) is 9. The Morgan fingerprint density at radius 2 is 1.60 bits per heavy atom. The molecule has 11 heteroatoms. The Bertz CT molecular complexity index is 1440. The third kappa shape index (κ3) is 9.50. The Balaban J connectivity index is 1.64. The summed E-state index contributed by atoms with van der Waals surface area (Å²) in [7, 11) is 4.67. The molecule has 1 aliphatic heterocycles. The number of carbonyl (C=O) groups excluding carboxylic acids is 2. The molecule has 1 heterocycles. The monoisotopic (exact) mass is 696 g/mol. The van der Waals surface area contributed by atoms with Gasteiger partial charge in [-0.2, -0.15) is 0 Å². The van der Waals surface area contributed by atoms with Gasteiger partial charge in [0.2, 0.25) is 11.8 Å². The number of ether oxygens (including phenoxy) is 4. The molecular formula is C39H56N2O9. The van der Waals surface area contributed by atoms with Crippen molar-refractivity contribution >= 4 is 11.8 Å². The summed E-state index contributed by atoms with van der Waals surface area (Å²) < 4.78 is 23.0. The Morgan fingerprint density at radius 3 is 2.24 bits per heavy atom. The zero-order chi connectivity index (χ0) is 36.0. The quantitative estimate of drug-likeness (QED) is 0.135. The lowest BCUT2D eigenvalue weighted by atomic mass is 9.77. The number of fused-ring (bicyclic) bond motifs is 3. The van der Waals surface area contributed by atoms with Gasteiger partial charge in [0.15, 0.2) is 11.5 Å². The van der Waals surface area contributed by atoms with Crippen LogP contribution in [0.1, 0.15) is 93.7 Å². The molecule has 0 spiro atoms. The van der Waals surface area contributed by atoms with Crippen molar-refractivity contribution in [3.05, 3.63) is 58.7 Å². The molecule has 1 aliphatic carbocycles.